The molecular formula is C15H19N3O2S. The van der Waals surface area contributed by atoms with Crippen molar-refractivity contribution in [1.29, 1.82) is 0 Å². The summed E-state index contributed by atoms with van der Waals surface area (Å²) in [7, 11) is -3.27. The highest BCUT2D eigenvalue weighted by atomic mass is 32.2. The number of benzene rings is 1. The first kappa shape index (κ1) is 15.3. The predicted octanol–water partition coefficient (Wildman–Crippen LogP) is 3.20. The Bertz CT molecular complexity index is 705. The van der Waals surface area contributed by atoms with Crippen molar-refractivity contribution < 1.29 is 8.42 Å². The zero-order valence-corrected chi connectivity index (χ0v) is 13.2. The van der Waals surface area contributed by atoms with Crippen molar-refractivity contribution in [1.82, 2.24) is 4.98 Å². The second-order valence-electron chi connectivity index (χ2n) is 4.94. The van der Waals surface area contributed by atoms with Crippen LogP contribution >= 0.6 is 0 Å². The van der Waals surface area contributed by atoms with Crippen molar-refractivity contribution in [3.05, 3.63) is 47.7 Å². The third kappa shape index (κ3) is 4.46. The Morgan fingerprint density at radius 1 is 1.05 bits per heavy atom. The molecule has 1 heterocycles. The van der Waals surface area contributed by atoms with Gasteiger partial charge in [0, 0.05) is 5.69 Å². The molecular weight excluding hydrogens is 286 g/mol. The summed E-state index contributed by atoms with van der Waals surface area (Å²) in [6, 6.07) is 9.59. The van der Waals surface area contributed by atoms with Gasteiger partial charge in [-0.25, -0.2) is 13.4 Å². The Kier molecular flexibility index (Phi) is 4.47. The van der Waals surface area contributed by atoms with E-state index in [2.05, 4.69) is 21.1 Å². The molecule has 0 amide bonds. The third-order valence-electron chi connectivity index (χ3n) is 2.91. The highest BCUT2D eigenvalue weighted by molar-refractivity contribution is 7.92. The van der Waals surface area contributed by atoms with Crippen LogP contribution in [0.4, 0.5) is 17.2 Å². The second kappa shape index (κ2) is 6.13. The number of nitrogens with one attached hydrogen (secondary N) is 2. The molecule has 0 atom stereocenters. The van der Waals surface area contributed by atoms with Crippen LogP contribution in [-0.2, 0) is 10.0 Å². The van der Waals surface area contributed by atoms with E-state index in [0.717, 1.165) is 5.69 Å². The molecule has 21 heavy (non-hydrogen) atoms. The van der Waals surface area contributed by atoms with E-state index in [1.807, 2.05) is 26.0 Å². The molecule has 0 saturated carbocycles. The zero-order chi connectivity index (χ0) is 15.5. The fourth-order valence-electron chi connectivity index (χ4n) is 1.97. The van der Waals surface area contributed by atoms with Crippen molar-refractivity contribution in [3.8, 4) is 0 Å². The van der Waals surface area contributed by atoms with E-state index < -0.39 is 10.0 Å². The molecule has 0 saturated heterocycles. The normalized spacial score (nSPS) is 11.2. The fourth-order valence-corrected chi connectivity index (χ4v) is 2.60. The summed E-state index contributed by atoms with van der Waals surface area (Å²) in [4.78, 5) is 4.21. The van der Waals surface area contributed by atoms with Gasteiger partial charge in [0.15, 0.2) is 0 Å². The predicted molar refractivity (Wildman–Crippen MR) is 86.5 cm³/mol. The van der Waals surface area contributed by atoms with Crippen molar-refractivity contribution in [3.63, 3.8) is 0 Å². The monoisotopic (exact) mass is 305 g/mol. The number of nitrogens with zero attached hydrogens (tertiary/aromatic N) is 1. The van der Waals surface area contributed by atoms with Gasteiger partial charge in [-0.05, 0) is 56.2 Å². The number of hydrogen-bond acceptors (Lipinski definition) is 4. The van der Waals surface area contributed by atoms with Crippen LogP contribution in [0.1, 0.15) is 18.1 Å². The summed E-state index contributed by atoms with van der Waals surface area (Å²) in [6.45, 7) is 5.66. The minimum absolute atomic E-state index is 0.0373. The van der Waals surface area contributed by atoms with Gasteiger partial charge in [-0.15, -0.1) is 0 Å². The number of rotatable bonds is 5. The van der Waals surface area contributed by atoms with E-state index in [1.54, 1.807) is 19.1 Å². The Hall–Kier alpha value is -2.08. The summed E-state index contributed by atoms with van der Waals surface area (Å²) in [5.41, 5.74) is 3.76. The smallest absolute Gasteiger partial charge is 0.232 e. The average Bonchev–Trinajstić information content (AvgIpc) is 2.39. The first-order valence-electron chi connectivity index (χ1n) is 6.70. The van der Waals surface area contributed by atoms with Crippen LogP contribution in [-0.4, -0.2) is 19.2 Å². The highest BCUT2D eigenvalue weighted by Crippen LogP contribution is 2.19. The lowest BCUT2D eigenvalue weighted by Crippen LogP contribution is -2.14. The summed E-state index contributed by atoms with van der Waals surface area (Å²) in [6.07, 6.45) is 1.50. The van der Waals surface area contributed by atoms with Crippen molar-refractivity contribution in [2.75, 3.05) is 15.8 Å². The largest absolute Gasteiger partial charge is 0.340 e. The number of pyridine rings is 1. The molecule has 0 unspecified atom stereocenters. The summed E-state index contributed by atoms with van der Waals surface area (Å²) in [5, 5.41) is 3.20. The van der Waals surface area contributed by atoms with Gasteiger partial charge in [0.2, 0.25) is 10.0 Å². The molecule has 6 heteroatoms. The van der Waals surface area contributed by atoms with Crippen LogP contribution in [0, 0.1) is 13.8 Å². The molecule has 0 aliphatic rings. The van der Waals surface area contributed by atoms with E-state index >= 15 is 0 Å². The van der Waals surface area contributed by atoms with Gasteiger partial charge in [-0.3, -0.25) is 4.72 Å². The maximum atomic E-state index is 11.5. The summed E-state index contributed by atoms with van der Waals surface area (Å²) in [5.74, 6) is 0.703. The second-order valence-corrected chi connectivity index (χ2v) is 6.95. The van der Waals surface area contributed by atoms with Gasteiger partial charge >= 0.3 is 0 Å². The maximum absolute atomic E-state index is 11.5. The van der Waals surface area contributed by atoms with Crippen LogP contribution in [0.15, 0.2) is 36.5 Å². The molecule has 0 spiro atoms. The number of aryl methyl sites for hydroxylation is 2. The molecule has 0 radical (unpaired) electrons. The molecule has 2 aromatic rings. The molecule has 112 valence electrons. The standard InChI is InChI=1S/C15H19N3O2S/c1-4-21(19,20)18-13-5-6-15(16-10-13)17-14-8-11(2)7-12(3)9-14/h5-10,18H,4H2,1-3H3,(H,16,17). The van der Waals surface area contributed by atoms with Gasteiger partial charge in [0.25, 0.3) is 0 Å². The molecule has 0 aliphatic heterocycles. The zero-order valence-electron chi connectivity index (χ0n) is 12.3. The van der Waals surface area contributed by atoms with Gasteiger partial charge in [-0.2, -0.15) is 0 Å². The average molecular weight is 305 g/mol. The van der Waals surface area contributed by atoms with Gasteiger partial charge in [0.05, 0.1) is 17.6 Å². The Labute approximate surface area is 125 Å². The lowest BCUT2D eigenvalue weighted by molar-refractivity contribution is 0.602. The van der Waals surface area contributed by atoms with Gasteiger partial charge < -0.3 is 5.32 Å². The molecule has 2 rings (SSSR count). The lowest BCUT2D eigenvalue weighted by Gasteiger charge is -2.09. The lowest BCUT2D eigenvalue weighted by atomic mass is 10.1. The molecule has 0 bridgehead atoms. The van der Waals surface area contributed by atoms with Gasteiger partial charge in [0.1, 0.15) is 5.82 Å². The van der Waals surface area contributed by atoms with Crippen molar-refractivity contribution >= 4 is 27.2 Å². The van der Waals surface area contributed by atoms with Crippen LogP contribution in [0.5, 0.6) is 0 Å². The molecule has 0 aliphatic carbocycles. The molecule has 5 nitrogen and oxygen atoms in total. The van der Waals surface area contributed by atoms with E-state index in [-0.39, 0.29) is 5.75 Å². The topological polar surface area (TPSA) is 71.1 Å². The first-order valence-corrected chi connectivity index (χ1v) is 8.35. The Morgan fingerprint density at radius 2 is 1.71 bits per heavy atom. The van der Waals surface area contributed by atoms with Crippen LogP contribution < -0.4 is 10.0 Å². The van der Waals surface area contributed by atoms with E-state index in [4.69, 9.17) is 0 Å². The molecule has 1 aromatic carbocycles. The van der Waals surface area contributed by atoms with Crippen LogP contribution in [0.2, 0.25) is 0 Å². The molecule has 1 aromatic heterocycles. The quantitative estimate of drug-likeness (QED) is 0.890. The molecule has 0 fully saturated rings. The van der Waals surface area contributed by atoms with Crippen molar-refractivity contribution in [2.24, 2.45) is 0 Å². The third-order valence-corrected chi connectivity index (χ3v) is 4.22. The minimum atomic E-state index is -3.27. The number of hydrogen-bond donors (Lipinski definition) is 2. The maximum Gasteiger partial charge on any atom is 0.232 e. The first-order chi connectivity index (χ1) is 9.88. The number of sulfonamides is 1. The van der Waals surface area contributed by atoms with Gasteiger partial charge in [-0.1, -0.05) is 6.07 Å². The Morgan fingerprint density at radius 3 is 2.24 bits per heavy atom. The van der Waals surface area contributed by atoms with Crippen LogP contribution in [0.25, 0.3) is 0 Å². The fraction of sp³-hybridized carbons (Fsp3) is 0.267. The Balaban J connectivity index is 2.12. The van der Waals surface area contributed by atoms with E-state index in [0.29, 0.717) is 11.5 Å². The number of aromatic nitrogens is 1. The minimum Gasteiger partial charge on any atom is -0.340 e. The summed E-state index contributed by atoms with van der Waals surface area (Å²) < 4.78 is 25.4. The van der Waals surface area contributed by atoms with E-state index in [9.17, 15) is 8.42 Å². The molecule has 2 N–H and O–H groups in total. The summed E-state index contributed by atoms with van der Waals surface area (Å²) >= 11 is 0. The van der Waals surface area contributed by atoms with Crippen molar-refractivity contribution in [2.45, 2.75) is 20.8 Å². The number of anilines is 3. The highest BCUT2D eigenvalue weighted by Gasteiger charge is 2.06. The SMILES string of the molecule is CCS(=O)(=O)Nc1ccc(Nc2cc(C)cc(C)c2)nc1. The van der Waals surface area contributed by atoms with E-state index in [1.165, 1.54) is 17.3 Å². The van der Waals surface area contributed by atoms with Crippen LogP contribution in [0.3, 0.4) is 0 Å².